The summed E-state index contributed by atoms with van der Waals surface area (Å²) in [5.74, 6) is 2.78. The fourth-order valence-corrected chi connectivity index (χ4v) is 4.39. The first-order valence-corrected chi connectivity index (χ1v) is 10.1. The molecule has 4 aromatic heterocycles. The molecule has 1 fully saturated rings. The molecule has 0 aromatic carbocycles. The van der Waals surface area contributed by atoms with Crippen LogP contribution in [-0.2, 0) is 0 Å². The maximum absolute atomic E-state index is 5.92. The molecule has 27 heavy (non-hydrogen) atoms. The molecule has 8 heteroatoms. The zero-order valence-electron chi connectivity index (χ0n) is 15.0. The van der Waals surface area contributed by atoms with Crippen molar-refractivity contribution in [2.24, 2.45) is 0 Å². The highest BCUT2D eigenvalue weighted by Gasteiger charge is 2.29. The summed E-state index contributed by atoms with van der Waals surface area (Å²) >= 11 is 1.61. The maximum Gasteiger partial charge on any atom is 0.257 e. The molecule has 0 spiro atoms. The highest BCUT2D eigenvalue weighted by atomic mass is 32.1. The van der Waals surface area contributed by atoms with Crippen LogP contribution >= 0.6 is 11.3 Å². The molecule has 0 saturated carbocycles. The minimum absolute atomic E-state index is 0.113. The molecular weight excluding hydrogens is 360 g/mol. The Morgan fingerprint density at radius 1 is 1.07 bits per heavy atom. The van der Waals surface area contributed by atoms with Gasteiger partial charge in [-0.3, -0.25) is 9.30 Å². The van der Waals surface area contributed by atoms with Gasteiger partial charge in [-0.05, 0) is 56.4 Å². The van der Waals surface area contributed by atoms with Gasteiger partial charge in [-0.15, -0.1) is 31.7 Å². The summed E-state index contributed by atoms with van der Waals surface area (Å²) in [7, 11) is 0. The van der Waals surface area contributed by atoms with Crippen LogP contribution < -0.4 is 0 Å². The molecule has 4 aromatic rings. The zero-order chi connectivity index (χ0) is 18.2. The van der Waals surface area contributed by atoms with Crippen molar-refractivity contribution < 1.29 is 4.42 Å². The molecule has 1 saturated heterocycles. The molecule has 1 aliphatic rings. The van der Waals surface area contributed by atoms with Crippen molar-refractivity contribution in [3.05, 3.63) is 53.6 Å². The highest BCUT2D eigenvalue weighted by Crippen LogP contribution is 2.32. The van der Waals surface area contributed by atoms with Crippen LogP contribution in [0.5, 0.6) is 0 Å². The fourth-order valence-electron chi connectivity index (χ4n) is 3.74. The van der Waals surface area contributed by atoms with E-state index in [1.807, 2.05) is 41.9 Å². The fraction of sp³-hybridized carbons (Fsp3) is 0.368. The number of aromatic nitrogens is 5. The number of pyridine rings is 1. The number of fused-ring (bicyclic) bond motifs is 1. The minimum Gasteiger partial charge on any atom is -0.418 e. The summed E-state index contributed by atoms with van der Waals surface area (Å²) < 4.78 is 8.03. The number of nitrogens with zero attached hydrogens (tertiary/aromatic N) is 6. The quantitative estimate of drug-likeness (QED) is 0.536. The first kappa shape index (κ1) is 16.6. The lowest BCUT2D eigenvalue weighted by atomic mass is 9.95. The Morgan fingerprint density at radius 3 is 2.78 bits per heavy atom. The number of likely N-dealkylation sites (tertiary alicyclic amines) is 1. The van der Waals surface area contributed by atoms with Crippen LogP contribution in [0.3, 0.4) is 0 Å². The Labute approximate surface area is 160 Å². The van der Waals surface area contributed by atoms with Crippen LogP contribution in [0.15, 0.2) is 46.3 Å². The molecule has 1 atom stereocenters. The van der Waals surface area contributed by atoms with Crippen LogP contribution in [0.4, 0.5) is 0 Å². The van der Waals surface area contributed by atoms with Crippen molar-refractivity contribution in [2.45, 2.75) is 31.7 Å². The van der Waals surface area contributed by atoms with E-state index in [1.54, 1.807) is 11.3 Å². The smallest absolute Gasteiger partial charge is 0.257 e. The molecule has 7 nitrogen and oxygen atoms in total. The van der Waals surface area contributed by atoms with Crippen LogP contribution in [0.2, 0.25) is 0 Å². The van der Waals surface area contributed by atoms with E-state index >= 15 is 0 Å². The standard InChI is InChI=1S/C19H20N6OS/c1-13(18-22-23-19(26-18)15-5-4-12-27-15)24-10-7-14(8-11-24)17-21-20-16-6-2-3-9-25(16)17/h2-6,9,12-14H,7-8,10-11H2,1H3. The Hall–Kier alpha value is -2.58. The Morgan fingerprint density at radius 2 is 1.96 bits per heavy atom. The van der Waals surface area contributed by atoms with Crippen molar-refractivity contribution in [1.29, 1.82) is 0 Å². The summed E-state index contributed by atoms with van der Waals surface area (Å²) in [6.45, 7) is 4.09. The number of hydrogen-bond donors (Lipinski definition) is 0. The van der Waals surface area contributed by atoms with Crippen molar-refractivity contribution in [2.75, 3.05) is 13.1 Å². The second-order valence-electron chi connectivity index (χ2n) is 6.90. The molecule has 0 N–H and O–H groups in total. The predicted molar refractivity (Wildman–Crippen MR) is 103 cm³/mol. The molecule has 0 amide bonds. The highest BCUT2D eigenvalue weighted by molar-refractivity contribution is 7.13. The van der Waals surface area contributed by atoms with E-state index < -0.39 is 0 Å². The second kappa shape index (κ2) is 6.86. The monoisotopic (exact) mass is 380 g/mol. The van der Waals surface area contributed by atoms with Crippen LogP contribution in [0.1, 0.15) is 43.4 Å². The first-order valence-electron chi connectivity index (χ1n) is 9.20. The molecule has 5 heterocycles. The van der Waals surface area contributed by atoms with Gasteiger partial charge in [-0.1, -0.05) is 12.1 Å². The van der Waals surface area contributed by atoms with Gasteiger partial charge >= 0.3 is 0 Å². The van der Waals surface area contributed by atoms with Gasteiger partial charge in [0.25, 0.3) is 5.89 Å². The van der Waals surface area contributed by atoms with Crippen LogP contribution in [-0.4, -0.2) is 42.8 Å². The topological polar surface area (TPSA) is 72.3 Å². The molecule has 138 valence electrons. The second-order valence-corrected chi connectivity index (χ2v) is 7.84. The summed E-state index contributed by atoms with van der Waals surface area (Å²) in [6, 6.07) is 10.1. The van der Waals surface area contributed by atoms with Crippen molar-refractivity contribution in [3.8, 4) is 10.8 Å². The van der Waals surface area contributed by atoms with Gasteiger partial charge in [0.2, 0.25) is 5.89 Å². The first-order chi connectivity index (χ1) is 13.3. The molecule has 0 bridgehead atoms. The van der Waals surface area contributed by atoms with E-state index in [0.29, 0.717) is 17.7 Å². The summed E-state index contributed by atoms with van der Waals surface area (Å²) in [6.07, 6.45) is 4.14. The van der Waals surface area contributed by atoms with Gasteiger partial charge in [-0.25, -0.2) is 0 Å². The van der Waals surface area contributed by atoms with Gasteiger partial charge in [0.1, 0.15) is 5.82 Å². The minimum atomic E-state index is 0.113. The molecule has 0 aliphatic carbocycles. The number of rotatable bonds is 4. The lowest BCUT2D eigenvalue weighted by Gasteiger charge is -2.33. The largest absolute Gasteiger partial charge is 0.418 e. The third-order valence-electron chi connectivity index (χ3n) is 5.31. The van der Waals surface area contributed by atoms with Gasteiger partial charge in [0, 0.05) is 12.1 Å². The third-order valence-corrected chi connectivity index (χ3v) is 6.17. The summed E-state index contributed by atoms with van der Waals surface area (Å²) in [4.78, 5) is 3.42. The van der Waals surface area contributed by atoms with Crippen LogP contribution in [0, 0.1) is 0 Å². The van der Waals surface area contributed by atoms with Gasteiger partial charge in [-0.2, -0.15) is 0 Å². The molecule has 1 aliphatic heterocycles. The van der Waals surface area contributed by atoms with Crippen LogP contribution in [0.25, 0.3) is 16.4 Å². The average Bonchev–Trinajstić information content (AvgIpc) is 3.47. The Balaban J connectivity index is 1.27. The number of thiophene rings is 1. The number of piperidine rings is 1. The summed E-state index contributed by atoms with van der Waals surface area (Å²) in [5.41, 5.74) is 0.912. The molecule has 5 rings (SSSR count). The third kappa shape index (κ3) is 3.04. The van der Waals surface area contributed by atoms with E-state index in [4.69, 9.17) is 4.42 Å². The zero-order valence-corrected chi connectivity index (χ0v) is 15.8. The maximum atomic E-state index is 5.92. The van der Waals surface area contributed by atoms with E-state index in [0.717, 1.165) is 42.3 Å². The number of hydrogen-bond acceptors (Lipinski definition) is 7. The van der Waals surface area contributed by atoms with E-state index in [2.05, 4.69) is 36.6 Å². The van der Waals surface area contributed by atoms with E-state index in [1.165, 1.54) is 0 Å². The predicted octanol–water partition coefficient (Wildman–Crippen LogP) is 3.78. The van der Waals surface area contributed by atoms with Gasteiger partial charge in [0.05, 0.1) is 10.9 Å². The van der Waals surface area contributed by atoms with Crippen molar-refractivity contribution in [3.63, 3.8) is 0 Å². The normalized spacial score (nSPS) is 17.5. The molecule has 1 unspecified atom stereocenters. The lowest BCUT2D eigenvalue weighted by Crippen LogP contribution is -2.35. The van der Waals surface area contributed by atoms with Gasteiger partial charge < -0.3 is 4.42 Å². The molecule has 0 radical (unpaired) electrons. The lowest BCUT2D eigenvalue weighted by molar-refractivity contribution is 0.141. The SMILES string of the molecule is CC(c1nnc(-c2cccs2)o1)N1CCC(c2nnc3ccccn23)CC1. The van der Waals surface area contributed by atoms with Gasteiger partial charge in [0.15, 0.2) is 5.65 Å². The van der Waals surface area contributed by atoms with Crippen molar-refractivity contribution >= 4 is 17.0 Å². The Kier molecular flexibility index (Phi) is 4.21. The van der Waals surface area contributed by atoms with E-state index in [-0.39, 0.29) is 6.04 Å². The Bertz CT molecular complexity index is 1030. The van der Waals surface area contributed by atoms with E-state index in [9.17, 15) is 0 Å². The molecular formula is C19H20N6OS. The average molecular weight is 380 g/mol. The summed E-state index contributed by atoms with van der Waals surface area (Å²) in [5, 5.41) is 19.2. The van der Waals surface area contributed by atoms with Crippen molar-refractivity contribution in [1.82, 2.24) is 29.7 Å².